The van der Waals surface area contributed by atoms with Crippen molar-refractivity contribution >= 4 is 27.5 Å². The van der Waals surface area contributed by atoms with E-state index in [1.165, 1.54) is 11.9 Å². The molecule has 41 heavy (non-hydrogen) atoms. The van der Waals surface area contributed by atoms with Crippen LogP contribution in [0.25, 0.3) is 0 Å². The summed E-state index contributed by atoms with van der Waals surface area (Å²) >= 11 is 0. The van der Waals surface area contributed by atoms with Gasteiger partial charge in [0, 0.05) is 20.0 Å². The van der Waals surface area contributed by atoms with Crippen molar-refractivity contribution in [1.29, 1.82) is 0 Å². The molecule has 2 amide bonds. The molecule has 0 aromatic heterocycles. The quantitative estimate of drug-likeness (QED) is 0.282. The Morgan fingerprint density at radius 3 is 1.98 bits per heavy atom. The van der Waals surface area contributed by atoms with E-state index in [-0.39, 0.29) is 29.5 Å². The molecular formula is C32H32FN3O4S. The molecule has 0 aliphatic rings. The molecule has 4 rings (SSSR count). The molecule has 1 N–H and O–H groups in total. The zero-order chi connectivity index (χ0) is 29.4. The Morgan fingerprint density at radius 1 is 0.805 bits per heavy atom. The van der Waals surface area contributed by atoms with Gasteiger partial charge in [0.25, 0.3) is 10.0 Å². The first-order chi connectivity index (χ1) is 19.7. The highest BCUT2D eigenvalue weighted by Crippen LogP contribution is 2.25. The summed E-state index contributed by atoms with van der Waals surface area (Å²) in [5, 5.41) is 2.66. The number of rotatable bonds is 11. The van der Waals surface area contributed by atoms with Crippen molar-refractivity contribution < 1.29 is 22.4 Å². The van der Waals surface area contributed by atoms with E-state index >= 15 is 0 Å². The maximum atomic E-state index is 14.2. The van der Waals surface area contributed by atoms with Crippen molar-refractivity contribution in [2.75, 3.05) is 17.9 Å². The third-order valence-electron chi connectivity index (χ3n) is 6.72. The average Bonchev–Trinajstić information content (AvgIpc) is 2.99. The van der Waals surface area contributed by atoms with E-state index in [2.05, 4.69) is 5.32 Å². The standard InChI is InChI=1S/C32H32FN3O4S/c1-24-13-15-26(16-14-24)22-35(30(32(38)34-2)21-25-9-5-3-6-10-25)31(37)23-36(28-11-7-4-8-12-28)41(39,40)29-19-17-27(33)18-20-29/h3-20,30H,21-23H2,1-2H3,(H,34,38)/t30-/m1/s1. The Hall–Kier alpha value is -4.50. The lowest BCUT2D eigenvalue weighted by Crippen LogP contribution is -2.53. The van der Waals surface area contributed by atoms with Crippen LogP contribution < -0.4 is 9.62 Å². The van der Waals surface area contributed by atoms with Gasteiger partial charge in [-0.3, -0.25) is 13.9 Å². The number of aryl methyl sites for hydroxylation is 1. The number of amides is 2. The van der Waals surface area contributed by atoms with Gasteiger partial charge in [0.1, 0.15) is 18.4 Å². The third-order valence-corrected chi connectivity index (χ3v) is 8.50. The van der Waals surface area contributed by atoms with E-state index in [0.717, 1.165) is 45.3 Å². The van der Waals surface area contributed by atoms with Crippen molar-refractivity contribution in [3.8, 4) is 0 Å². The largest absolute Gasteiger partial charge is 0.357 e. The van der Waals surface area contributed by atoms with Gasteiger partial charge in [0.05, 0.1) is 10.6 Å². The molecule has 4 aromatic rings. The van der Waals surface area contributed by atoms with Crippen LogP contribution in [0.2, 0.25) is 0 Å². The van der Waals surface area contributed by atoms with Crippen molar-refractivity contribution in [3.05, 3.63) is 132 Å². The second kappa shape index (κ2) is 13.2. The van der Waals surface area contributed by atoms with Crippen molar-refractivity contribution in [2.45, 2.75) is 30.8 Å². The number of hydrogen-bond acceptors (Lipinski definition) is 4. The third kappa shape index (κ3) is 7.37. The summed E-state index contributed by atoms with van der Waals surface area (Å²) in [6.07, 6.45) is 0.230. The normalized spacial score (nSPS) is 11.9. The first kappa shape index (κ1) is 29.5. The van der Waals surface area contributed by atoms with Crippen LogP contribution in [0.4, 0.5) is 10.1 Å². The first-order valence-electron chi connectivity index (χ1n) is 13.1. The zero-order valence-electron chi connectivity index (χ0n) is 22.9. The van der Waals surface area contributed by atoms with Crippen LogP contribution in [-0.2, 0) is 32.6 Å². The number of nitrogens with zero attached hydrogens (tertiary/aromatic N) is 2. The van der Waals surface area contributed by atoms with Crippen LogP contribution in [-0.4, -0.2) is 44.8 Å². The van der Waals surface area contributed by atoms with Gasteiger partial charge in [-0.2, -0.15) is 0 Å². The minimum absolute atomic E-state index is 0.0866. The van der Waals surface area contributed by atoms with Gasteiger partial charge in [0.2, 0.25) is 11.8 Å². The number of likely N-dealkylation sites (N-methyl/N-ethyl adjacent to an activating group) is 1. The van der Waals surface area contributed by atoms with E-state index in [0.29, 0.717) is 0 Å². The number of benzene rings is 4. The number of anilines is 1. The molecule has 0 aliphatic heterocycles. The molecule has 7 nitrogen and oxygen atoms in total. The Balaban J connectivity index is 1.76. The van der Waals surface area contributed by atoms with Gasteiger partial charge in [0.15, 0.2) is 0 Å². The molecule has 1 atom stereocenters. The van der Waals surface area contributed by atoms with Crippen molar-refractivity contribution in [1.82, 2.24) is 10.2 Å². The molecule has 0 bridgehead atoms. The summed E-state index contributed by atoms with van der Waals surface area (Å²) in [5.41, 5.74) is 2.94. The summed E-state index contributed by atoms with van der Waals surface area (Å²) in [6.45, 7) is 1.47. The Morgan fingerprint density at radius 2 is 1.39 bits per heavy atom. The molecule has 0 saturated carbocycles. The highest BCUT2D eigenvalue weighted by molar-refractivity contribution is 7.92. The first-order valence-corrected chi connectivity index (χ1v) is 14.6. The van der Waals surface area contributed by atoms with Crippen LogP contribution in [0.3, 0.4) is 0 Å². The highest BCUT2D eigenvalue weighted by Gasteiger charge is 2.34. The highest BCUT2D eigenvalue weighted by atomic mass is 32.2. The molecule has 212 valence electrons. The van der Waals surface area contributed by atoms with Crippen LogP contribution in [0.5, 0.6) is 0 Å². The topological polar surface area (TPSA) is 86.8 Å². The van der Waals surface area contributed by atoms with E-state index in [4.69, 9.17) is 0 Å². The molecule has 0 spiro atoms. The number of hydrogen-bond donors (Lipinski definition) is 1. The second-order valence-corrected chi connectivity index (χ2v) is 11.5. The SMILES string of the molecule is CNC(=O)[C@@H](Cc1ccccc1)N(Cc1ccc(C)cc1)C(=O)CN(c1ccccc1)S(=O)(=O)c1ccc(F)cc1. The zero-order valence-corrected chi connectivity index (χ0v) is 23.7. The van der Waals surface area contributed by atoms with Gasteiger partial charge in [-0.15, -0.1) is 0 Å². The number of carbonyl (C=O) groups is 2. The van der Waals surface area contributed by atoms with Gasteiger partial charge in [-0.05, 0) is 54.4 Å². The van der Waals surface area contributed by atoms with Crippen LogP contribution in [0.15, 0.2) is 114 Å². The second-order valence-electron chi connectivity index (χ2n) is 9.63. The van der Waals surface area contributed by atoms with E-state index in [1.54, 1.807) is 30.3 Å². The van der Waals surface area contributed by atoms with E-state index in [1.807, 2.05) is 61.5 Å². The summed E-state index contributed by atoms with van der Waals surface area (Å²) in [4.78, 5) is 28.7. The van der Waals surface area contributed by atoms with Gasteiger partial charge < -0.3 is 10.2 Å². The number of carbonyl (C=O) groups excluding carboxylic acids is 2. The summed E-state index contributed by atoms with van der Waals surface area (Å²) in [6, 6.07) is 28.7. The number of sulfonamides is 1. The minimum atomic E-state index is -4.27. The maximum absolute atomic E-state index is 14.2. The van der Waals surface area contributed by atoms with Gasteiger partial charge in [-0.1, -0.05) is 78.4 Å². The predicted octanol–water partition coefficient (Wildman–Crippen LogP) is 4.72. The van der Waals surface area contributed by atoms with Crippen LogP contribution in [0.1, 0.15) is 16.7 Å². The molecule has 9 heteroatoms. The van der Waals surface area contributed by atoms with Crippen LogP contribution in [0, 0.1) is 12.7 Å². The lowest BCUT2D eigenvalue weighted by molar-refractivity contribution is -0.139. The fraction of sp³-hybridized carbons (Fsp3) is 0.188. The average molecular weight is 574 g/mol. The fourth-order valence-electron chi connectivity index (χ4n) is 4.47. The number of halogens is 1. The Bertz CT molecular complexity index is 1560. The Labute approximate surface area is 240 Å². The smallest absolute Gasteiger partial charge is 0.264 e. The molecule has 0 heterocycles. The molecule has 0 unspecified atom stereocenters. The van der Waals surface area contributed by atoms with Gasteiger partial charge >= 0.3 is 0 Å². The molecular weight excluding hydrogens is 541 g/mol. The van der Waals surface area contributed by atoms with Crippen molar-refractivity contribution in [2.24, 2.45) is 0 Å². The maximum Gasteiger partial charge on any atom is 0.264 e. The molecule has 0 saturated heterocycles. The predicted molar refractivity (Wildman–Crippen MR) is 157 cm³/mol. The van der Waals surface area contributed by atoms with E-state index < -0.39 is 34.3 Å². The summed E-state index contributed by atoms with van der Waals surface area (Å²) < 4.78 is 42.2. The lowest BCUT2D eigenvalue weighted by atomic mass is 10.0. The van der Waals surface area contributed by atoms with E-state index in [9.17, 15) is 22.4 Å². The molecule has 0 radical (unpaired) electrons. The summed E-state index contributed by atoms with van der Waals surface area (Å²) in [7, 11) is -2.77. The molecule has 0 fully saturated rings. The molecule has 4 aromatic carbocycles. The van der Waals surface area contributed by atoms with Crippen molar-refractivity contribution in [3.63, 3.8) is 0 Å². The molecule has 0 aliphatic carbocycles. The fourth-order valence-corrected chi connectivity index (χ4v) is 5.88. The monoisotopic (exact) mass is 573 g/mol. The van der Waals surface area contributed by atoms with Crippen LogP contribution >= 0.6 is 0 Å². The van der Waals surface area contributed by atoms with Gasteiger partial charge in [-0.25, -0.2) is 12.8 Å². The summed E-state index contributed by atoms with van der Waals surface area (Å²) in [5.74, 6) is -1.52. The number of nitrogens with one attached hydrogen (secondary N) is 1. The lowest BCUT2D eigenvalue weighted by Gasteiger charge is -2.33. The minimum Gasteiger partial charge on any atom is -0.357 e. The number of para-hydroxylation sites is 1. The Kier molecular flexibility index (Phi) is 9.52.